The van der Waals surface area contributed by atoms with Gasteiger partial charge in [-0.2, -0.15) is 18.2 Å². The third-order valence-electron chi connectivity index (χ3n) is 4.23. The minimum absolute atomic E-state index is 0.135. The number of anilines is 2. The Kier molecular flexibility index (Phi) is 4.88. The number of hydrogen-bond acceptors (Lipinski definition) is 7. The Morgan fingerprint density at radius 2 is 1.89 bits per heavy atom. The Labute approximate surface area is 158 Å². The van der Waals surface area contributed by atoms with E-state index in [0.29, 0.717) is 17.0 Å². The van der Waals surface area contributed by atoms with Crippen molar-refractivity contribution in [2.24, 2.45) is 0 Å². The van der Waals surface area contributed by atoms with E-state index in [1.807, 2.05) is 0 Å². The summed E-state index contributed by atoms with van der Waals surface area (Å²) in [5.74, 6) is 0.0891. The monoisotopic (exact) mass is 393 g/mol. The Balaban J connectivity index is 2.27. The van der Waals surface area contributed by atoms with Crippen molar-refractivity contribution in [3.63, 3.8) is 0 Å². The van der Waals surface area contributed by atoms with Crippen molar-refractivity contribution < 1.29 is 22.4 Å². The van der Waals surface area contributed by atoms with Crippen LogP contribution in [0.5, 0.6) is 5.75 Å². The minimum atomic E-state index is -4.70. The van der Waals surface area contributed by atoms with Gasteiger partial charge < -0.3 is 20.3 Å². The van der Waals surface area contributed by atoms with E-state index in [4.69, 9.17) is 15.0 Å². The van der Waals surface area contributed by atoms with Gasteiger partial charge in [-0.1, -0.05) is 11.2 Å². The molecule has 28 heavy (non-hydrogen) atoms. The van der Waals surface area contributed by atoms with E-state index in [9.17, 15) is 13.2 Å². The van der Waals surface area contributed by atoms with Gasteiger partial charge in [0.2, 0.25) is 5.95 Å². The first-order valence-corrected chi connectivity index (χ1v) is 8.21. The fraction of sp³-hybridized carbons (Fsp3) is 0.278. The highest BCUT2D eigenvalue weighted by Crippen LogP contribution is 2.44. The summed E-state index contributed by atoms with van der Waals surface area (Å²) in [5.41, 5.74) is 6.48. The minimum Gasteiger partial charge on any atom is -0.496 e. The molecule has 0 saturated carbocycles. The predicted molar refractivity (Wildman–Crippen MR) is 98.0 cm³/mol. The van der Waals surface area contributed by atoms with Gasteiger partial charge in [0, 0.05) is 18.2 Å². The molecule has 0 fully saturated rings. The largest absolute Gasteiger partial charge is 0.496 e. The number of nitrogens with two attached hydrogens (primary N) is 1. The fourth-order valence-corrected chi connectivity index (χ4v) is 3.06. The number of aromatic nitrogens is 3. The lowest BCUT2D eigenvalue weighted by Crippen LogP contribution is -2.15. The normalized spacial score (nSPS) is 11.5. The summed E-state index contributed by atoms with van der Waals surface area (Å²) in [6.45, 7) is 3.53. The number of hydrogen-bond donors (Lipinski definition) is 2. The first kappa shape index (κ1) is 19.5. The van der Waals surface area contributed by atoms with Crippen molar-refractivity contribution >= 4 is 11.8 Å². The second-order valence-corrected chi connectivity index (χ2v) is 6.02. The maximum Gasteiger partial charge on any atom is 0.422 e. The lowest BCUT2D eigenvalue weighted by molar-refractivity contribution is -0.136. The lowest BCUT2D eigenvalue weighted by atomic mass is 9.98. The van der Waals surface area contributed by atoms with Crippen molar-refractivity contribution in [1.29, 1.82) is 0 Å². The van der Waals surface area contributed by atoms with Gasteiger partial charge >= 0.3 is 6.18 Å². The molecule has 0 atom stereocenters. The fourth-order valence-electron chi connectivity index (χ4n) is 3.06. The van der Waals surface area contributed by atoms with Crippen LogP contribution < -0.4 is 15.8 Å². The molecule has 0 bridgehead atoms. The maximum absolute atomic E-state index is 13.7. The summed E-state index contributed by atoms with van der Waals surface area (Å²) in [5, 5.41) is 6.33. The Bertz CT molecular complexity index is 1010. The van der Waals surface area contributed by atoms with E-state index in [-0.39, 0.29) is 23.0 Å². The standard InChI is InChI=1S/C18H18F3N5O2/c1-8-13(9(2)28-26-8)10-5-6-11(12(7-10)27-4)15-14(18(19,20)21)16(23-3)25-17(22)24-15/h5-7H,1-4H3,(H3,22,23,24,25). The molecule has 0 aliphatic carbocycles. The van der Waals surface area contributed by atoms with Gasteiger partial charge in [0.05, 0.1) is 18.5 Å². The molecule has 0 saturated heterocycles. The molecular formula is C18H18F3N5O2. The third kappa shape index (κ3) is 3.32. The first-order chi connectivity index (χ1) is 13.2. The number of nitrogens with zero attached hydrogens (tertiary/aromatic N) is 3. The van der Waals surface area contributed by atoms with Crippen LogP contribution in [0.1, 0.15) is 17.0 Å². The molecule has 3 N–H and O–H groups in total. The SMILES string of the molecule is CNc1nc(N)nc(-c2ccc(-c3c(C)noc3C)cc2OC)c1C(F)(F)F. The van der Waals surface area contributed by atoms with Crippen molar-refractivity contribution in [2.75, 3.05) is 25.2 Å². The topological polar surface area (TPSA) is 99.1 Å². The number of aryl methyl sites for hydroxylation is 2. The second-order valence-electron chi connectivity index (χ2n) is 6.02. The first-order valence-electron chi connectivity index (χ1n) is 8.21. The Morgan fingerprint density at radius 1 is 1.18 bits per heavy atom. The van der Waals surface area contributed by atoms with Crippen molar-refractivity contribution in [3.8, 4) is 28.1 Å². The summed E-state index contributed by atoms with van der Waals surface area (Å²) in [6, 6.07) is 4.76. The average molecular weight is 393 g/mol. The van der Waals surface area contributed by atoms with Gasteiger partial charge in [0.25, 0.3) is 0 Å². The third-order valence-corrected chi connectivity index (χ3v) is 4.23. The molecule has 2 aromatic heterocycles. The summed E-state index contributed by atoms with van der Waals surface area (Å²) in [7, 11) is 2.70. The van der Waals surface area contributed by atoms with Crippen LogP contribution in [0, 0.1) is 13.8 Å². The van der Waals surface area contributed by atoms with Crippen LogP contribution >= 0.6 is 0 Å². The van der Waals surface area contributed by atoms with Crippen molar-refractivity contribution in [2.45, 2.75) is 20.0 Å². The molecule has 148 valence electrons. The summed E-state index contributed by atoms with van der Waals surface area (Å²) < 4.78 is 51.7. The highest BCUT2D eigenvalue weighted by molar-refractivity contribution is 5.80. The van der Waals surface area contributed by atoms with E-state index in [1.165, 1.54) is 20.2 Å². The van der Waals surface area contributed by atoms with Crippen LogP contribution in [0.15, 0.2) is 22.7 Å². The number of benzene rings is 1. The van der Waals surface area contributed by atoms with Gasteiger partial charge in [0.15, 0.2) is 0 Å². The molecule has 0 amide bonds. The summed E-state index contributed by atoms with van der Waals surface area (Å²) >= 11 is 0. The van der Waals surface area contributed by atoms with Crippen molar-refractivity contribution in [3.05, 3.63) is 35.2 Å². The average Bonchev–Trinajstić information content (AvgIpc) is 2.97. The molecule has 10 heteroatoms. The number of rotatable bonds is 4. The van der Waals surface area contributed by atoms with Crippen molar-refractivity contribution in [1.82, 2.24) is 15.1 Å². The second kappa shape index (κ2) is 7.02. The highest BCUT2D eigenvalue weighted by atomic mass is 19.4. The number of nitrogens with one attached hydrogen (secondary N) is 1. The zero-order valence-electron chi connectivity index (χ0n) is 15.6. The molecule has 0 spiro atoms. The molecule has 7 nitrogen and oxygen atoms in total. The van der Waals surface area contributed by atoms with E-state index in [2.05, 4.69) is 20.4 Å². The summed E-state index contributed by atoms with van der Waals surface area (Å²) in [6.07, 6.45) is -4.70. The molecule has 3 aromatic rings. The van der Waals surface area contributed by atoms with E-state index in [1.54, 1.807) is 26.0 Å². The molecule has 3 rings (SSSR count). The molecular weight excluding hydrogens is 375 g/mol. The molecule has 2 heterocycles. The van der Waals surface area contributed by atoms with Gasteiger partial charge in [0.1, 0.15) is 22.9 Å². The number of ether oxygens (including phenoxy) is 1. The number of alkyl halides is 3. The molecule has 0 unspecified atom stereocenters. The zero-order valence-corrected chi connectivity index (χ0v) is 15.6. The van der Waals surface area contributed by atoms with E-state index < -0.39 is 17.6 Å². The van der Waals surface area contributed by atoms with E-state index >= 15 is 0 Å². The predicted octanol–water partition coefficient (Wildman–Crippen LogP) is 4.07. The van der Waals surface area contributed by atoms with Gasteiger partial charge in [-0.3, -0.25) is 0 Å². The van der Waals surface area contributed by atoms with E-state index in [0.717, 1.165) is 5.56 Å². The lowest BCUT2D eigenvalue weighted by Gasteiger charge is -2.18. The van der Waals surface area contributed by atoms with Crippen LogP contribution in [-0.2, 0) is 6.18 Å². The van der Waals surface area contributed by atoms with Crippen LogP contribution in [-0.4, -0.2) is 29.3 Å². The zero-order chi connectivity index (χ0) is 20.6. The van der Waals surface area contributed by atoms with Crippen LogP contribution in [0.4, 0.5) is 24.9 Å². The Hall–Kier alpha value is -3.30. The van der Waals surface area contributed by atoms with Gasteiger partial charge in [-0.25, -0.2) is 4.98 Å². The van der Waals surface area contributed by atoms with Gasteiger partial charge in [-0.05, 0) is 31.5 Å². The van der Waals surface area contributed by atoms with Gasteiger partial charge in [-0.15, -0.1) is 0 Å². The van der Waals surface area contributed by atoms with Crippen LogP contribution in [0.3, 0.4) is 0 Å². The summed E-state index contributed by atoms with van der Waals surface area (Å²) in [4.78, 5) is 7.51. The van der Waals surface area contributed by atoms with Crippen LogP contribution in [0.25, 0.3) is 22.4 Å². The Morgan fingerprint density at radius 3 is 2.43 bits per heavy atom. The number of nitrogen functional groups attached to an aromatic ring is 1. The number of halogens is 3. The quantitative estimate of drug-likeness (QED) is 0.689. The molecule has 0 aliphatic heterocycles. The highest BCUT2D eigenvalue weighted by Gasteiger charge is 2.39. The van der Waals surface area contributed by atoms with Crippen LogP contribution in [0.2, 0.25) is 0 Å². The smallest absolute Gasteiger partial charge is 0.422 e. The maximum atomic E-state index is 13.7. The molecule has 0 radical (unpaired) electrons. The molecule has 1 aromatic carbocycles. The molecule has 0 aliphatic rings. The number of methoxy groups -OCH3 is 1.